The van der Waals surface area contributed by atoms with E-state index >= 15 is 0 Å². The molecule has 7 rings (SSSR count). The van der Waals surface area contributed by atoms with Gasteiger partial charge in [0, 0.05) is 43.8 Å². The first kappa shape index (κ1) is 20.7. The second kappa shape index (κ2) is 8.22. The molecule has 4 aromatic heterocycles. The van der Waals surface area contributed by atoms with E-state index in [0.717, 1.165) is 72.1 Å². The van der Waals surface area contributed by atoms with Crippen LogP contribution in [0.2, 0.25) is 0 Å². The van der Waals surface area contributed by atoms with E-state index in [0.29, 0.717) is 0 Å². The van der Waals surface area contributed by atoms with Gasteiger partial charge in [0.25, 0.3) is 0 Å². The number of benzene rings is 1. The van der Waals surface area contributed by atoms with E-state index in [1.807, 2.05) is 12.1 Å². The zero-order valence-corrected chi connectivity index (χ0v) is 20.0. The number of nitrogens with one attached hydrogen (secondary N) is 2. The molecule has 0 spiro atoms. The Morgan fingerprint density at radius 1 is 0.667 bits per heavy atom. The van der Waals surface area contributed by atoms with E-state index in [9.17, 15) is 0 Å². The molecule has 0 unspecified atom stereocenters. The minimum absolute atomic E-state index is 0.747. The number of hydrogen-bond acceptors (Lipinski definition) is 4. The Morgan fingerprint density at radius 3 is 2.06 bits per heavy atom. The van der Waals surface area contributed by atoms with Crippen molar-refractivity contribution >= 4 is 63.4 Å². The molecule has 0 radical (unpaired) electrons. The first-order valence-corrected chi connectivity index (χ1v) is 12.6. The standard InChI is InChI=1S/C30H21N5S/c31-19-5-3-18(4-6-19)25-16-24-15-22-10-12-27(34-22)30(29-2-1-13-36-29)26-11-9-21(33-26)14-20-7-8-23(32-20)17-28(25)35-24/h1-17,32,35H,31H2. The van der Waals surface area contributed by atoms with Crippen LogP contribution in [0.3, 0.4) is 0 Å². The number of fused-ring (bicyclic) bond motifs is 8. The number of rotatable bonds is 2. The normalized spacial score (nSPS) is 12.3. The average Bonchev–Trinajstić information content (AvgIpc) is 3.69. The molecule has 0 amide bonds. The zero-order valence-electron chi connectivity index (χ0n) is 19.2. The highest BCUT2D eigenvalue weighted by molar-refractivity contribution is 7.13. The topological polar surface area (TPSA) is 83.4 Å². The third-order valence-corrected chi connectivity index (χ3v) is 7.22. The van der Waals surface area contributed by atoms with Crippen molar-refractivity contribution in [3.05, 3.63) is 101 Å². The lowest BCUT2D eigenvalue weighted by atomic mass is 10.1. The molecule has 0 atom stereocenters. The molecule has 5 nitrogen and oxygen atoms in total. The lowest BCUT2D eigenvalue weighted by Crippen LogP contribution is -1.86. The molecule has 36 heavy (non-hydrogen) atoms. The fourth-order valence-electron chi connectivity index (χ4n) is 4.66. The number of aromatic nitrogens is 4. The van der Waals surface area contributed by atoms with Crippen LogP contribution >= 0.6 is 11.3 Å². The molecule has 1 aromatic carbocycles. The predicted octanol–water partition coefficient (Wildman–Crippen LogP) is 7.63. The fourth-order valence-corrected chi connectivity index (χ4v) is 5.44. The first-order valence-electron chi connectivity index (χ1n) is 11.7. The quantitative estimate of drug-likeness (QED) is 0.221. The largest absolute Gasteiger partial charge is 0.399 e. The van der Waals surface area contributed by atoms with Crippen LogP contribution in [0, 0.1) is 0 Å². The molecule has 0 saturated carbocycles. The highest BCUT2D eigenvalue weighted by Crippen LogP contribution is 2.34. The van der Waals surface area contributed by atoms with Gasteiger partial charge in [-0.2, -0.15) is 0 Å². The van der Waals surface area contributed by atoms with E-state index < -0.39 is 0 Å². The third kappa shape index (κ3) is 3.74. The molecule has 0 saturated heterocycles. The molecule has 6 heterocycles. The van der Waals surface area contributed by atoms with Gasteiger partial charge in [0.15, 0.2) is 0 Å². The van der Waals surface area contributed by atoms with Gasteiger partial charge in [0.05, 0.1) is 22.8 Å². The summed E-state index contributed by atoms with van der Waals surface area (Å²) in [4.78, 5) is 18.1. The summed E-state index contributed by atoms with van der Waals surface area (Å²) in [6.07, 6.45) is 8.26. The van der Waals surface area contributed by atoms with Crippen molar-refractivity contribution in [2.45, 2.75) is 0 Å². The Hall–Kier alpha value is -4.68. The molecule has 2 aliphatic rings. The number of H-pyrrole nitrogens is 2. The van der Waals surface area contributed by atoms with Crippen LogP contribution in [0.15, 0.2) is 78.2 Å². The smallest absolute Gasteiger partial charge is 0.0746 e. The maximum atomic E-state index is 5.94. The molecule has 0 fully saturated rings. The van der Waals surface area contributed by atoms with Gasteiger partial charge in [-0.25, -0.2) is 9.97 Å². The number of hydrogen-bond donors (Lipinski definition) is 3. The van der Waals surface area contributed by atoms with Gasteiger partial charge < -0.3 is 15.7 Å². The summed E-state index contributed by atoms with van der Waals surface area (Å²) in [5, 5.41) is 2.09. The second-order valence-electron chi connectivity index (χ2n) is 8.84. The van der Waals surface area contributed by atoms with Crippen LogP contribution in [0.1, 0.15) is 22.8 Å². The Balaban J connectivity index is 1.56. The van der Waals surface area contributed by atoms with Crippen LogP contribution in [0.4, 0.5) is 5.69 Å². The second-order valence-corrected chi connectivity index (χ2v) is 9.79. The summed E-state index contributed by atoms with van der Waals surface area (Å²) in [6, 6.07) is 24.7. The lowest BCUT2D eigenvalue weighted by molar-refractivity contribution is 1.28. The first-order chi connectivity index (χ1) is 17.7. The molecule has 6 heteroatoms. The van der Waals surface area contributed by atoms with Crippen molar-refractivity contribution in [1.82, 2.24) is 19.9 Å². The summed E-state index contributed by atoms with van der Waals surface area (Å²) in [5.74, 6) is 0. The SMILES string of the molecule is Nc1ccc(-c2cc3cc4nc(c(-c5cccs5)c5nc(cc6ccc(cc2[nH]3)[nH]6)C=C5)C=C4)cc1. The minimum Gasteiger partial charge on any atom is -0.399 e. The van der Waals surface area contributed by atoms with Crippen molar-refractivity contribution in [2.75, 3.05) is 5.73 Å². The summed E-state index contributed by atoms with van der Waals surface area (Å²) >= 11 is 1.70. The Kier molecular flexibility index (Phi) is 4.72. The van der Waals surface area contributed by atoms with Crippen molar-refractivity contribution in [3.63, 3.8) is 0 Å². The van der Waals surface area contributed by atoms with E-state index in [-0.39, 0.29) is 0 Å². The Morgan fingerprint density at radius 2 is 1.36 bits per heavy atom. The average molecular weight is 484 g/mol. The molecular formula is C30H21N5S. The number of nitrogens with zero attached hydrogens (tertiary/aromatic N) is 2. The van der Waals surface area contributed by atoms with E-state index in [2.05, 4.69) is 100 Å². The van der Waals surface area contributed by atoms with E-state index in [4.69, 9.17) is 15.7 Å². The number of thiophene rings is 1. The Bertz CT molecular complexity index is 1830. The summed E-state index contributed by atoms with van der Waals surface area (Å²) in [6.45, 7) is 0. The van der Waals surface area contributed by atoms with Crippen LogP contribution in [-0.2, 0) is 0 Å². The minimum atomic E-state index is 0.747. The number of anilines is 1. The van der Waals surface area contributed by atoms with Gasteiger partial charge in [0.2, 0.25) is 0 Å². The highest BCUT2D eigenvalue weighted by atomic mass is 32.1. The number of aromatic amines is 2. The van der Waals surface area contributed by atoms with Crippen molar-refractivity contribution in [1.29, 1.82) is 0 Å². The molecule has 2 aliphatic heterocycles. The molecular weight excluding hydrogens is 462 g/mol. The van der Waals surface area contributed by atoms with Gasteiger partial charge in [-0.1, -0.05) is 18.2 Å². The summed E-state index contributed by atoms with van der Waals surface area (Å²) in [5.41, 5.74) is 17.6. The summed E-state index contributed by atoms with van der Waals surface area (Å²) < 4.78 is 0. The van der Waals surface area contributed by atoms with Crippen molar-refractivity contribution in [3.8, 4) is 21.6 Å². The maximum absolute atomic E-state index is 5.94. The van der Waals surface area contributed by atoms with E-state index in [1.165, 1.54) is 0 Å². The van der Waals surface area contributed by atoms with Crippen LogP contribution in [0.25, 0.3) is 67.9 Å². The monoisotopic (exact) mass is 483 g/mol. The van der Waals surface area contributed by atoms with Crippen molar-refractivity contribution < 1.29 is 0 Å². The molecule has 172 valence electrons. The zero-order chi connectivity index (χ0) is 24.1. The highest BCUT2D eigenvalue weighted by Gasteiger charge is 2.15. The van der Waals surface area contributed by atoms with Gasteiger partial charge in [-0.3, -0.25) is 0 Å². The van der Waals surface area contributed by atoms with Gasteiger partial charge in [0.1, 0.15) is 0 Å². The molecule has 0 aliphatic carbocycles. The Labute approximate surface area is 211 Å². The molecule has 8 bridgehead atoms. The number of nitrogens with two attached hydrogens (primary N) is 1. The molecule has 4 N–H and O–H groups in total. The maximum Gasteiger partial charge on any atom is 0.0746 e. The number of nitrogen functional groups attached to an aromatic ring is 1. The van der Waals surface area contributed by atoms with Crippen LogP contribution < -0.4 is 5.73 Å². The van der Waals surface area contributed by atoms with Crippen LogP contribution in [-0.4, -0.2) is 19.9 Å². The van der Waals surface area contributed by atoms with Crippen molar-refractivity contribution in [2.24, 2.45) is 0 Å². The van der Waals surface area contributed by atoms with Gasteiger partial charge in [-0.05, 0) is 89.8 Å². The van der Waals surface area contributed by atoms with Gasteiger partial charge >= 0.3 is 0 Å². The molecule has 5 aromatic rings. The fraction of sp³-hybridized carbons (Fsp3) is 0. The van der Waals surface area contributed by atoms with Crippen LogP contribution in [0.5, 0.6) is 0 Å². The van der Waals surface area contributed by atoms with E-state index in [1.54, 1.807) is 11.3 Å². The predicted molar refractivity (Wildman–Crippen MR) is 152 cm³/mol. The lowest BCUT2D eigenvalue weighted by Gasteiger charge is -2.00. The summed E-state index contributed by atoms with van der Waals surface area (Å²) in [7, 11) is 0. The van der Waals surface area contributed by atoms with Gasteiger partial charge in [-0.15, -0.1) is 11.3 Å². The third-order valence-electron chi connectivity index (χ3n) is 6.33.